The Kier molecular flexibility index (Phi) is 4.05. The van der Waals surface area contributed by atoms with Gasteiger partial charge in [0, 0.05) is 0 Å². The largest absolute Gasteiger partial charge is 0.394 e. The first-order valence-corrected chi connectivity index (χ1v) is 4.34. The second kappa shape index (κ2) is 4.65. The van der Waals surface area contributed by atoms with Crippen molar-refractivity contribution in [1.82, 2.24) is 0 Å². The lowest BCUT2D eigenvalue weighted by molar-refractivity contribution is -0.272. The summed E-state index contributed by atoms with van der Waals surface area (Å²) in [6.45, 7) is -0.461. The van der Waals surface area contributed by atoms with Crippen LogP contribution in [0.15, 0.2) is 0 Å². The van der Waals surface area contributed by atoms with Crippen molar-refractivity contribution < 1.29 is 29.0 Å². The predicted octanol–water partition coefficient (Wildman–Crippen LogP) is -1.89. The molecule has 0 aliphatic carbocycles. The maximum atomic E-state index is 9.26. The van der Waals surface area contributed by atoms with Gasteiger partial charge < -0.3 is 25.2 Å². The summed E-state index contributed by atoms with van der Waals surface area (Å²) in [5, 5.41) is 36.5. The molecule has 1 saturated heterocycles. The van der Waals surface area contributed by atoms with Crippen LogP contribution in [0.5, 0.6) is 0 Å². The fraction of sp³-hybridized carbons (Fsp3) is 1.00. The van der Waals surface area contributed by atoms with Gasteiger partial charge in [-0.05, 0) is 0 Å². The summed E-state index contributed by atoms with van der Waals surface area (Å²) in [5.74, 6) is 0. The summed E-state index contributed by atoms with van der Waals surface area (Å²) in [6.07, 6.45) is -6.12. The van der Waals surface area contributed by atoms with Crippen molar-refractivity contribution in [2.24, 2.45) is 0 Å². The molecule has 0 aromatic heterocycles. The molecule has 0 aromatic rings. The molecule has 1 fully saturated rings. The first kappa shape index (κ1) is 11.3. The van der Waals surface area contributed by atoms with Crippen LogP contribution in [0.3, 0.4) is 0 Å². The molecular formula is C6H11BrO6. The molecule has 1 rings (SSSR count). The third-order valence-electron chi connectivity index (χ3n) is 1.94. The molecule has 0 radical (unpaired) electrons. The second-order valence-electron chi connectivity index (χ2n) is 2.79. The normalized spacial score (nSPS) is 46.4. The van der Waals surface area contributed by atoms with E-state index in [1.807, 2.05) is 0 Å². The molecule has 1 unspecified atom stereocenters. The zero-order valence-electron chi connectivity index (χ0n) is 6.58. The summed E-state index contributed by atoms with van der Waals surface area (Å²) in [6, 6.07) is 0. The Morgan fingerprint density at radius 3 is 2.23 bits per heavy atom. The Morgan fingerprint density at radius 2 is 1.77 bits per heavy atom. The van der Waals surface area contributed by atoms with Crippen LogP contribution in [-0.2, 0) is 8.57 Å². The average Bonchev–Trinajstić information content (AvgIpc) is 2.15. The SMILES string of the molecule is OC[C@H]1OC(OBr)[C@@H](O)[C@@H](O)[C@@H]1O. The molecule has 1 aliphatic rings. The van der Waals surface area contributed by atoms with E-state index in [-0.39, 0.29) is 0 Å². The number of ether oxygens (including phenoxy) is 1. The van der Waals surface area contributed by atoms with Crippen molar-refractivity contribution in [1.29, 1.82) is 0 Å². The van der Waals surface area contributed by atoms with Crippen LogP contribution in [0.4, 0.5) is 0 Å². The van der Waals surface area contributed by atoms with Crippen LogP contribution in [0.1, 0.15) is 0 Å². The standard InChI is InChI=1S/C6H11BrO6/c7-13-6-5(11)4(10)3(9)2(1-8)12-6/h2-6,8-11H,1H2/t2-,3-,4+,5+,6?/m1/s1. The van der Waals surface area contributed by atoms with E-state index in [4.69, 9.17) is 9.84 Å². The van der Waals surface area contributed by atoms with Crippen LogP contribution in [-0.4, -0.2) is 57.7 Å². The van der Waals surface area contributed by atoms with Gasteiger partial charge in [0.15, 0.2) is 6.29 Å². The molecule has 0 amide bonds. The van der Waals surface area contributed by atoms with Crippen LogP contribution in [0.25, 0.3) is 0 Å². The zero-order valence-corrected chi connectivity index (χ0v) is 8.16. The Bertz CT molecular complexity index is 147. The Hall–Kier alpha value is 0.240. The van der Waals surface area contributed by atoms with Crippen LogP contribution >= 0.6 is 16.3 Å². The summed E-state index contributed by atoms with van der Waals surface area (Å²) in [4.78, 5) is 0. The van der Waals surface area contributed by atoms with Gasteiger partial charge in [-0.3, -0.25) is 3.83 Å². The lowest BCUT2D eigenvalue weighted by Gasteiger charge is -2.38. The molecule has 0 spiro atoms. The van der Waals surface area contributed by atoms with Gasteiger partial charge >= 0.3 is 0 Å². The fourth-order valence-corrected chi connectivity index (χ4v) is 1.45. The first-order valence-electron chi connectivity index (χ1n) is 3.69. The topological polar surface area (TPSA) is 99.4 Å². The molecule has 0 bridgehead atoms. The first-order chi connectivity index (χ1) is 6.11. The maximum absolute atomic E-state index is 9.26. The van der Waals surface area contributed by atoms with Crippen molar-refractivity contribution in [3.8, 4) is 0 Å². The lowest BCUT2D eigenvalue weighted by Crippen LogP contribution is -2.58. The van der Waals surface area contributed by atoms with Crippen molar-refractivity contribution in [3.05, 3.63) is 0 Å². The lowest BCUT2D eigenvalue weighted by atomic mass is 10.00. The monoisotopic (exact) mass is 258 g/mol. The van der Waals surface area contributed by atoms with Crippen molar-refractivity contribution >= 4 is 16.3 Å². The number of halogens is 1. The van der Waals surface area contributed by atoms with Gasteiger partial charge in [0.05, 0.1) is 6.61 Å². The van der Waals surface area contributed by atoms with Crippen molar-refractivity contribution in [2.75, 3.05) is 6.61 Å². The summed E-state index contributed by atoms with van der Waals surface area (Å²) in [7, 11) is 0. The quantitative estimate of drug-likeness (QED) is 0.463. The highest BCUT2D eigenvalue weighted by atomic mass is 79.9. The molecule has 1 aliphatic heterocycles. The molecule has 1 heterocycles. The molecule has 7 heteroatoms. The molecule has 0 saturated carbocycles. The molecular weight excluding hydrogens is 248 g/mol. The minimum Gasteiger partial charge on any atom is -0.394 e. The molecule has 4 N–H and O–H groups in total. The molecule has 13 heavy (non-hydrogen) atoms. The summed E-state index contributed by atoms with van der Waals surface area (Å²) >= 11 is 2.60. The van der Waals surface area contributed by atoms with E-state index in [1.165, 1.54) is 0 Å². The van der Waals surface area contributed by atoms with Gasteiger partial charge in [-0.15, -0.1) is 0 Å². The van der Waals surface area contributed by atoms with E-state index in [1.54, 1.807) is 0 Å². The van der Waals surface area contributed by atoms with E-state index < -0.39 is 37.3 Å². The zero-order chi connectivity index (χ0) is 10.0. The van der Waals surface area contributed by atoms with Gasteiger partial charge in [0.1, 0.15) is 40.7 Å². The number of aliphatic hydroxyl groups excluding tert-OH is 4. The summed E-state index contributed by atoms with van der Waals surface area (Å²) < 4.78 is 9.41. The minimum absolute atomic E-state index is 0.461. The van der Waals surface area contributed by atoms with E-state index in [2.05, 4.69) is 20.1 Å². The molecule has 78 valence electrons. The highest BCUT2D eigenvalue weighted by Gasteiger charge is 2.43. The van der Waals surface area contributed by atoms with Crippen LogP contribution in [0, 0.1) is 0 Å². The van der Waals surface area contributed by atoms with E-state index in [0.29, 0.717) is 0 Å². The van der Waals surface area contributed by atoms with Gasteiger partial charge in [-0.1, -0.05) is 0 Å². The Labute approximate surface area is 83.2 Å². The highest BCUT2D eigenvalue weighted by Crippen LogP contribution is 2.22. The Balaban J connectivity index is 2.66. The highest BCUT2D eigenvalue weighted by molar-refractivity contribution is 9.06. The van der Waals surface area contributed by atoms with E-state index >= 15 is 0 Å². The van der Waals surface area contributed by atoms with Crippen LogP contribution < -0.4 is 0 Å². The summed E-state index contributed by atoms with van der Waals surface area (Å²) in [5.41, 5.74) is 0. The van der Waals surface area contributed by atoms with Gasteiger partial charge in [-0.25, -0.2) is 0 Å². The third kappa shape index (κ3) is 2.18. The van der Waals surface area contributed by atoms with E-state index in [0.717, 1.165) is 0 Å². The minimum atomic E-state index is -1.39. The molecule has 5 atom stereocenters. The maximum Gasteiger partial charge on any atom is 0.199 e. The fourth-order valence-electron chi connectivity index (χ4n) is 1.14. The molecule has 6 nitrogen and oxygen atoms in total. The van der Waals surface area contributed by atoms with Gasteiger partial charge in [-0.2, -0.15) is 0 Å². The third-order valence-corrected chi connectivity index (χ3v) is 2.30. The second-order valence-corrected chi connectivity index (χ2v) is 3.16. The number of hydrogen-bond donors (Lipinski definition) is 4. The van der Waals surface area contributed by atoms with Gasteiger partial charge in [0.2, 0.25) is 0 Å². The average molecular weight is 259 g/mol. The number of aliphatic hydroxyl groups is 4. The molecule has 0 aromatic carbocycles. The van der Waals surface area contributed by atoms with Gasteiger partial charge in [0.25, 0.3) is 0 Å². The van der Waals surface area contributed by atoms with E-state index in [9.17, 15) is 15.3 Å². The van der Waals surface area contributed by atoms with Crippen molar-refractivity contribution in [2.45, 2.75) is 30.7 Å². The van der Waals surface area contributed by atoms with Crippen molar-refractivity contribution in [3.63, 3.8) is 0 Å². The van der Waals surface area contributed by atoms with Crippen LogP contribution in [0.2, 0.25) is 0 Å². The predicted molar refractivity (Wildman–Crippen MR) is 43.8 cm³/mol. The number of hydrogen-bond acceptors (Lipinski definition) is 6. The number of rotatable bonds is 2. The smallest absolute Gasteiger partial charge is 0.199 e. The Morgan fingerprint density at radius 1 is 1.15 bits per heavy atom.